The number of hydrogen-bond donors (Lipinski definition) is 1. The summed E-state index contributed by atoms with van der Waals surface area (Å²) in [6.07, 6.45) is 3.75. The monoisotopic (exact) mass is 642 g/mol. The molecule has 1 N–H and O–H groups in total. The molecule has 2 bridgehead atoms. The van der Waals surface area contributed by atoms with Crippen LogP contribution in [0.15, 0.2) is 16.9 Å². The third kappa shape index (κ3) is 4.73. The molecule has 0 radical (unpaired) electrons. The minimum Gasteiger partial charge on any atom is -0.444 e. The minimum atomic E-state index is -0.592. The van der Waals surface area contributed by atoms with E-state index in [0.29, 0.717) is 62.5 Å². The molecule has 2 saturated heterocycles. The van der Waals surface area contributed by atoms with Crippen molar-refractivity contribution in [1.82, 2.24) is 34.4 Å². The molecule has 1 amide bonds. The lowest BCUT2D eigenvalue weighted by molar-refractivity contribution is -0.0368. The van der Waals surface area contributed by atoms with Crippen LogP contribution in [0.25, 0.3) is 33.2 Å². The molecule has 3 aliphatic rings. The number of alkyl carbamates (subject to hydrolysis) is 1. The van der Waals surface area contributed by atoms with Crippen LogP contribution in [0.5, 0.6) is 0 Å². The molecule has 1 aromatic carbocycles. The van der Waals surface area contributed by atoms with Gasteiger partial charge in [-0.25, -0.2) is 9.48 Å². The molecule has 5 heterocycles. The number of benzene rings is 1. The van der Waals surface area contributed by atoms with Crippen LogP contribution in [0.1, 0.15) is 59.1 Å². The first-order valence-corrected chi connectivity index (χ1v) is 15.9. The standard InChI is InChI=1S/C30H36Cl2N8O4/c1-30(2,3)44-29(42)33-23-15-9-12-18(23)39(14-15)28-34-26-21(27(41)37(28)4)24(36-40(26)19-8-6-7-13-43-19)16-10-11-17-20(22(16)31)25(32)38(5)35-17/h10-11,15,18-19,23H,6-9,12-14H2,1-5H3,(H,33,42)/t15-,18-,19?,23-/m1/s1. The van der Waals surface area contributed by atoms with Crippen molar-refractivity contribution in [2.75, 3.05) is 18.1 Å². The molecule has 1 unspecified atom stereocenters. The second-order valence-corrected chi connectivity index (χ2v) is 13.8. The largest absolute Gasteiger partial charge is 0.444 e. The molecule has 0 spiro atoms. The molecule has 1 aliphatic carbocycles. The van der Waals surface area contributed by atoms with Crippen molar-refractivity contribution in [3.05, 3.63) is 32.7 Å². The van der Waals surface area contributed by atoms with E-state index >= 15 is 0 Å². The van der Waals surface area contributed by atoms with E-state index in [1.54, 1.807) is 28.0 Å². The highest BCUT2D eigenvalue weighted by atomic mass is 35.5. The molecular weight excluding hydrogens is 607 g/mol. The minimum absolute atomic E-state index is 0.0191. The predicted octanol–water partition coefficient (Wildman–Crippen LogP) is 5.18. The maximum Gasteiger partial charge on any atom is 0.407 e. The zero-order valence-corrected chi connectivity index (χ0v) is 26.9. The quantitative estimate of drug-likeness (QED) is 0.323. The molecule has 12 nitrogen and oxygen atoms in total. The van der Waals surface area contributed by atoms with Crippen molar-refractivity contribution >= 4 is 57.2 Å². The zero-order chi connectivity index (χ0) is 31.1. The molecule has 3 fully saturated rings. The van der Waals surface area contributed by atoms with Gasteiger partial charge in [-0.3, -0.25) is 14.0 Å². The number of halogens is 2. The number of piperidine rings is 1. The van der Waals surface area contributed by atoms with Gasteiger partial charge in [0.05, 0.1) is 28.0 Å². The fourth-order valence-electron chi connectivity index (χ4n) is 7.00. The van der Waals surface area contributed by atoms with Crippen LogP contribution in [-0.4, -0.2) is 66.0 Å². The Morgan fingerprint density at radius 3 is 2.61 bits per heavy atom. The van der Waals surface area contributed by atoms with Crippen molar-refractivity contribution in [2.45, 2.75) is 76.8 Å². The third-order valence-electron chi connectivity index (χ3n) is 8.99. The Morgan fingerprint density at radius 2 is 1.89 bits per heavy atom. The number of anilines is 1. The van der Waals surface area contributed by atoms with Crippen LogP contribution in [0.2, 0.25) is 10.2 Å². The van der Waals surface area contributed by atoms with Crippen molar-refractivity contribution in [3.8, 4) is 11.3 Å². The summed E-state index contributed by atoms with van der Waals surface area (Å²) in [7, 11) is 3.48. The van der Waals surface area contributed by atoms with E-state index in [4.69, 9.17) is 42.8 Å². The van der Waals surface area contributed by atoms with Gasteiger partial charge in [0.1, 0.15) is 21.8 Å². The van der Waals surface area contributed by atoms with E-state index < -0.39 is 11.7 Å². The number of rotatable bonds is 4. The van der Waals surface area contributed by atoms with E-state index in [2.05, 4.69) is 15.3 Å². The lowest BCUT2D eigenvalue weighted by Crippen LogP contribution is -2.46. The summed E-state index contributed by atoms with van der Waals surface area (Å²) < 4.78 is 16.6. The van der Waals surface area contributed by atoms with Crippen molar-refractivity contribution in [2.24, 2.45) is 20.0 Å². The Bertz CT molecular complexity index is 1850. The zero-order valence-electron chi connectivity index (χ0n) is 25.4. The summed E-state index contributed by atoms with van der Waals surface area (Å²) in [6.45, 7) is 6.81. The average molecular weight is 644 g/mol. The second kappa shape index (κ2) is 10.6. The molecule has 234 valence electrons. The number of amides is 1. The van der Waals surface area contributed by atoms with Crippen molar-refractivity contribution in [3.63, 3.8) is 0 Å². The van der Waals surface area contributed by atoms with Crippen LogP contribution >= 0.6 is 23.2 Å². The Balaban J connectivity index is 1.35. The molecule has 2 aliphatic heterocycles. The number of carbonyl (C=O) groups is 1. The Kier molecular flexibility index (Phi) is 7.09. The number of aryl methyl sites for hydroxylation is 1. The highest BCUT2D eigenvalue weighted by Crippen LogP contribution is 2.42. The summed E-state index contributed by atoms with van der Waals surface area (Å²) in [6, 6.07) is 3.53. The van der Waals surface area contributed by atoms with Gasteiger partial charge in [-0.05, 0) is 70.9 Å². The predicted molar refractivity (Wildman–Crippen MR) is 168 cm³/mol. The van der Waals surface area contributed by atoms with Gasteiger partial charge in [0, 0.05) is 32.8 Å². The molecule has 1 saturated carbocycles. The summed E-state index contributed by atoms with van der Waals surface area (Å²) >= 11 is 13.5. The van der Waals surface area contributed by atoms with Crippen LogP contribution in [-0.2, 0) is 23.6 Å². The lowest BCUT2D eigenvalue weighted by Gasteiger charge is -2.30. The van der Waals surface area contributed by atoms with Crippen LogP contribution in [0.3, 0.4) is 0 Å². The smallest absolute Gasteiger partial charge is 0.407 e. The number of nitrogens with one attached hydrogen (secondary N) is 1. The molecular formula is C30H36Cl2N8O4. The number of fused-ring (bicyclic) bond motifs is 4. The van der Waals surface area contributed by atoms with Gasteiger partial charge in [0.2, 0.25) is 5.95 Å². The van der Waals surface area contributed by atoms with Crippen LogP contribution in [0.4, 0.5) is 10.7 Å². The highest BCUT2D eigenvalue weighted by Gasteiger charge is 2.49. The van der Waals surface area contributed by atoms with Crippen LogP contribution < -0.4 is 15.8 Å². The van der Waals surface area contributed by atoms with Crippen molar-refractivity contribution < 1.29 is 14.3 Å². The average Bonchev–Trinajstić information content (AvgIpc) is 3.71. The lowest BCUT2D eigenvalue weighted by atomic mass is 10.1. The maximum absolute atomic E-state index is 14.3. The third-order valence-corrected chi connectivity index (χ3v) is 9.81. The molecule has 7 rings (SSSR count). The number of hydrogen-bond acceptors (Lipinski definition) is 8. The molecule has 4 atom stereocenters. The Hall–Kier alpha value is -3.35. The summed E-state index contributed by atoms with van der Waals surface area (Å²) in [5.41, 5.74) is 1.26. The second-order valence-electron chi connectivity index (χ2n) is 13.1. The molecule has 14 heteroatoms. The Morgan fingerprint density at radius 1 is 1.09 bits per heavy atom. The van der Waals surface area contributed by atoms with Gasteiger partial charge in [-0.15, -0.1) is 0 Å². The van der Waals surface area contributed by atoms with Gasteiger partial charge in [-0.1, -0.05) is 23.2 Å². The number of nitrogens with zero attached hydrogens (tertiary/aromatic N) is 7. The van der Waals surface area contributed by atoms with Gasteiger partial charge < -0.3 is 19.7 Å². The maximum atomic E-state index is 14.3. The first-order valence-electron chi connectivity index (χ1n) is 15.1. The summed E-state index contributed by atoms with van der Waals surface area (Å²) in [5.74, 6) is 0.753. The van der Waals surface area contributed by atoms with Crippen LogP contribution in [0, 0.1) is 5.92 Å². The molecule has 44 heavy (non-hydrogen) atoms. The topological polar surface area (TPSA) is 121 Å². The Labute approximate surface area is 264 Å². The number of carbonyl (C=O) groups excluding carboxylic acids is 1. The summed E-state index contributed by atoms with van der Waals surface area (Å²) in [5, 5.41) is 14.2. The van der Waals surface area contributed by atoms with Gasteiger partial charge in [-0.2, -0.15) is 15.2 Å². The highest BCUT2D eigenvalue weighted by molar-refractivity contribution is 6.43. The first-order chi connectivity index (χ1) is 20.9. The van der Waals surface area contributed by atoms with E-state index in [1.807, 2.05) is 32.9 Å². The van der Waals surface area contributed by atoms with Gasteiger partial charge in [0.15, 0.2) is 11.9 Å². The molecule has 4 aromatic rings. The normalized spacial score (nSPS) is 23.7. The summed E-state index contributed by atoms with van der Waals surface area (Å²) in [4.78, 5) is 34.2. The van der Waals surface area contributed by atoms with Crippen molar-refractivity contribution in [1.29, 1.82) is 0 Å². The number of ether oxygens (including phenoxy) is 2. The first kappa shape index (κ1) is 29.4. The van der Waals surface area contributed by atoms with E-state index in [9.17, 15) is 9.59 Å². The fourth-order valence-corrected chi connectivity index (χ4v) is 7.62. The van der Waals surface area contributed by atoms with Gasteiger partial charge in [0.25, 0.3) is 5.56 Å². The fraction of sp³-hybridized carbons (Fsp3) is 0.567. The number of aromatic nitrogens is 6. The molecule has 3 aromatic heterocycles. The van der Waals surface area contributed by atoms with E-state index in [1.165, 1.54) is 0 Å². The van der Waals surface area contributed by atoms with E-state index in [-0.39, 0.29) is 29.8 Å². The van der Waals surface area contributed by atoms with E-state index in [0.717, 1.165) is 32.1 Å². The van der Waals surface area contributed by atoms with Gasteiger partial charge >= 0.3 is 6.09 Å². The SMILES string of the molecule is Cn1nc2ccc(-c3nn(C4CCCCO4)c4nc(N5C[C@H]6CC[C@@H]5[C@@H]6NC(=O)OC(C)(C)C)n(C)c(=O)c34)c(Cl)c2c1Cl.